The van der Waals surface area contributed by atoms with Gasteiger partial charge in [-0.05, 0) is 38.3 Å². The molecule has 142 valence electrons. The molecule has 1 unspecified atom stereocenters. The van der Waals surface area contributed by atoms with Crippen molar-refractivity contribution in [2.75, 3.05) is 0 Å². The summed E-state index contributed by atoms with van der Waals surface area (Å²) in [5.41, 5.74) is 3.02. The second kappa shape index (κ2) is 7.17. The Morgan fingerprint density at radius 1 is 1.22 bits per heavy atom. The Bertz CT molecular complexity index is 1060. The van der Waals surface area contributed by atoms with Gasteiger partial charge in [0, 0.05) is 36.0 Å². The molecule has 3 heterocycles. The maximum atomic E-state index is 12.2. The van der Waals surface area contributed by atoms with Gasteiger partial charge in [-0.2, -0.15) is 0 Å². The van der Waals surface area contributed by atoms with Crippen LogP contribution in [0.5, 0.6) is 0 Å². The number of para-hydroxylation sites is 1. The number of aromatic nitrogens is 3. The largest absolute Gasteiger partial charge is 0.387 e. The molecule has 0 amide bonds. The van der Waals surface area contributed by atoms with E-state index in [9.17, 15) is 14.7 Å². The van der Waals surface area contributed by atoms with E-state index >= 15 is 0 Å². The standard InChI is InChI=1S/C20H24N4O3/c1-12(8-9-13-4-2-7-17(25)22-13)21-16-10-11-24-18-14(19(16)26)5-3-6-15(18)23-20(24)27/h2-7,12,16,19,21,26H,8-11H2,1H3,(H,22,25)(H,23,27)/t12?,16-,19-/m1/s1. The number of nitrogens with one attached hydrogen (secondary N) is 3. The zero-order valence-corrected chi connectivity index (χ0v) is 15.2. The average Bonchev–Trinajstić information content (AvgIpc) is 2.90. The van der Waals surface area contributed by atoms with Crippen LogP contribution >= 0.6 is 0 Å². The maximum Gasteiger partial charge on any atom is 0.326 e. The second-order valence-corrected chi connectivity index (χ2v) is 7.31. The van der Waals surface area contributed by atoms with E-state index in [0.717, 1.165) is 35.1 Å². The summed E-state index contributed by atoms with van der Waals surface area (Å²) in [5.74, 6) is 0. The average molecular weight is 368 g/mol. The van der Waals surface area contributed by atoms with Gasteiger partial charge in [0.25, 0.3) is 0 Å². The van der Waals surface area contributed by atoms with E-state index in [2.05, 4.69) is 22.2 Å². The number of aliphatic hydroxyl groups is 1. The van der Waals surface area contributed by atoms with E-state index in [4.69, 9.17) is 0 Å². The van der Waals surface area contributed by atoms with Gasteiger partial charge in [-0.3, -0.25) is 9.36 Å². The topological polar surface area (TPSA) is 103 Å². The second-order valence-electron chi connectivity index (χ2n) is 7.31. The summed E-state index contributed by atoms with van der Waals surface area (Å²) in [6, 6.07) is 10.8. The van der Waals surface area contributed by atoms with Crippen LogP contribution in [0.1, 0.15) is 37.1 Å². The SMILES string of the molecule is CC(CCc1cccc(=O)[nH]1)N[C@@H]1CCn2c(=O)[nH]c3cccc(c32)[C@H]1O. The van der Waals surface area contributed by atoms with Gasteiger partial charge in [-0.15, -0.1) is 0 Å². The molecule has 0 fully saturated rings. The molecule has 1 aliphatic heterocycles. The Morgan fingerprint density at radius 3 is 2.85 bits per heavy atom. The fraction of sp³-hybridized carbons (Fsp3) is 0.400. The molecule has 3 aromatic rings. The number of imidazole rings is 1. The Balaban J connectivity index is 1.48. The van der Waals surface area contributed by atoms with E-state index in [1.807, 2.05) is 24.3 Å². The van der Waals surface area contributed by atoms with E-state index < -0.39 is 6.10 Å². The summed E-state index contributed by atoms with van der Waals surface area (Å²) in [4.78, 5) is 29.3. The molecule has 4 rings (SSSR count). The molecule has 3 atom stereocenters. The van der Waals surface area contributed by atoms with Crippen LogP contribution in [0.4, 0.5) is 0 Å². The quantitative estimate of drug-likeness (QED) is 0.547. The molecule has 0 aliphatic carbocycles. The highest BCUT2D eigenvalue weighted by Gasteiger charge is 2.29. The lowest BCUT2D eigenvalue weighted by Crippen LogP contribution is -2.41. The lowest BCUT2D eigenvalue weighted by atomic mass is 9.98. The molecule has 0 bridgehead atoms. The molecular weight excluding hydrogens is 344 g/mol. The van der Waals surface area contributed by atoms with Crippen molar-refractivity contribution in [3.05, 3.63) is 68.5 Å². The van der Waals surface area contributed by atoms with E-state index in [-0.39, 0.29) is 23.3 Å². The van der Waals surface area contributed by atoms with Crippen molar-refractivity contribution in [2.45, 2.75) is 50.9 Å². The molecular formula is C20H24N4O3. The summed E-state index contributed by atoms with van der Waals surface area (Å²) in [6.07, 6.45) is 1.56. The van der Waals surface area contributed by atoms with Crippen molar-refractivity contribution in [1.82, 2.24) is 19.9 Å². The van der Waals surface area contributed by atoms with Crippen LogP contribution < -0.4 is 16.6 Å². The summed E-state index contributed by atoms with van der Waals surface area (Å²) >= 11 is 0. The van der Waals surface area contributed by atoms with Gasteiger partial charge in [-0.25, -0.2) is 4.79 Å². The first-order valence-corrected chi connectivity index (χ1v) is 9.36. The number of H-pyrrole nitrogens is 2. The highest BCUT2D eigenvalue weighted by molar-refractivity contribution is 5.79. The third-order valence-electron chi connectivity index (χ3n) is 5.36. The number of benzene rings is 1. The predicted octanol–water partition coefficient (Wildman–Crippen LogP) is 1.43. The minimum Gasteiger partial charge on any atom is -0.387 e. The van der Waals surface area contributed by atoms with Gasteiger partial charge in [0.05, 0.1) is 17.1 Å². The van der Waals surface area contributed by atoms with Crippen LogP contribution in [-0.4, -0.2) is 31.7 Å². The van der Waals surface area contributed by atoms with Gasteiger partial charge in [-0.1, -0.05) is 18.2 Å². The molecule has 0 radical (unpaired) electrons. The van der Waals surface area contributed by atoms with Crippen molar-refractivity contribution >= 4 is 11.0 Å². The molecule has 7 nitrogen and oxygen atoms in total. The molecule has 1 aliphatic rings. The van der Waals surface area contributed by atoms with Gasteiger partial charge >= 0.3 is 5.69 Å². The molecule has 4 N–H and O–H groups in total. The minimum atomic E-state index is -0.684. The van der Waals surface area contributed by atoms with Gasteiger partial charge in [0.2, 0.25) is 5.56 Å². The number of aromatic amines is 2. The van der Waals surface area contributed by atoms with Crippen LogP contribution in [0.15, 0.2) is 46.0 Å². The van der Waals surface area contributed by atoms with Crippen LogP contribution in [-0.2, 0) is 13.0 Å². The molecule has 7 heteroatoms. The summed E-state index contributed by atoms with van der Waals surface area (Å²) in [7, 11) is 0. The third-order valence-corrected chi connectivity index (χ3v) is 5.36. The fourth-order valence-electron chi connectivity index (χ4n) is 3.98. The molecule has 2 aromatic heterocycles. The first-order chi connectivity index (χ1) is 13.0. The number of aryl methyl sites for hydroxylation is 2. The molecule has 1 aromatic carbocycles. The number of rotatable bonds is 5. The number of aliphatic hydroxyl groups excluding tert-OH is 1. The van der Waals surface area contributed by atoms with Crippen molar-refractivity contribution < 1.29 is 5.11 Å². The molecule has 0 saturated carbocycles. The first kappa shape index (κ1) is 17.8. The van der Waals surface area contributed by atoms with E-state index in [1.165, 1.54) is 6.07 Å². The monoisotopic (exact) mass is 368 g/mol. The molecule has 0 saturated heterocycles. The van der Waals surface area contributed by atoms with Crippen LogP contribution in [0.3, 0.4) is 0 Å². The number of pyridine rings is 1. The first-order valence-electron chi connectivity index (χ1n) is 9.36. The van der Waals surface area contributed by atoms with E-state index in [0.29, 0.717) is 13.0 Å². The Kier molecular flexibility index (Phi) is 4.72. The van der Waals surface area contributed by atoms with Gasteiger partial charge in [0.1, 0.15) is 0 Å². The van der Waals surface area contributed by atoms with E-state index in [1.54, 1.807) is 10.6 Å². The highest BCUT2D eigenvalue weighted by atomic mass is 16.3. The zero-order chi connectivity index (χ0) is 19.0. The van der Waals surface area contributed by atoms with Gasteiger partial charge in [0.15, 0.2) is 0 Å². The lowest BCUT2D eigenvalue weighted by molar-refractivity contribution is 0.119. The zero-order valence-electron chi connectivity index (χ0n) is 15.2. The van der Waals surface area contributed by atoms with Crippen molar-refractivity contribution in [1.29, 1.82) is 0 Å². The highest BCUT2D eigenvalue weighted by Crippen LogP contribution is 2.29. The minimum absolute atomic E-state index is 0.0902. The Hall–Kier alpha value is -2.64. The lowest BCUT2D eigenvalue weighted by Gasteiger charge is -2.26. The smallest absolute Gasteiger partial charge is 0.326 e. The van der Waals surface area contributed by atoms with Crippen LogP contribution in [0.2, 0.25) is 0 Å². The van der Waals surface area contributed by atoms with Crippen molar-refractivity contribution in [3.63, 3.8) is 0 Å². The summed E-state index contributed by atoms with van der Waals surface area (Å²) in [5, 5.41) is 14.5. The van der Waals surface area contributed by atoms with Crippen molar-refractivity contribution in [2.24, 2.45) is 0 Å². The number of hydrogen-bond donors (Lipinski definition) is 4. The van der Waals surface area contributed by atoms with Crippen LogP contribution in [0, 0.1) is 0 Å². The number of nitrogens with zero attached hydrogens (tertiary/aromatic N) is 1. The maximum absolute atomic E-state index is 12.2. The normalized spacial score (nSPS) is 20.5. The number of hydrogen-bond acceptors (Lipinski definition) is 4. The van der Waals surface area contributed by atoms with Gasteiger partial charge < -0.3 is 20.4 Å². The Labute approximate surface area is 156 Å². The predicted molar refractivity (Wildman–Crippen MR) is 104 cm³/mol. The Morgan fingerprint density at radius 2 is 2.04 bits per heavy atom. The molecule has 0 spiro atoms. The molecule has 27 heavy (non-hydrogen) atoms. The van der Waals surface area contributed by atoms with Crippen molar-refractivity contribution in [3.8, 4) is 0 Å². The summed E-state index contributed by atoms with van der Waals surface area (Å²) < 4.78 is 1.72. The fourth-order valence-corrected chi connectivity index (χ4v) is 3.98. The summed E-state index contributed by atoms with van der Waals surface area (Å²) in [6.45, 7) is 2.63. The third kappa shape index (κ3) is 3.48. The van der Waals surface area contributed by atoms with Crippen LogP contribution in [0.25, 0.3) is 11.0 Å².